The van der Waals surface area contributed by atoms with Gasteiger partial charge in [0.15, 0.2) is 0 Å². The van der Waals surface area contributed by atoms with Crippen LogP contribution in [0, 0.1) is 17.8 Å². The third-order valence-electron chi connectivity index (χ3n) is 4.38. The van der Waals surface area contributed by atoms with Crippen molar-refractivity contribution in [1.29, 1.82) is 0 Å². The average molecular weight is 181 g/mol. The molecule has 13 heavy (non-hydrogen) atoms. The van der Waals surface area contributed by atoms with Crippen molar-refractivity contribution in [3.8, 4) is 0 Å². The first-order valence-corrected chi connectivity index (χ1v) is 5.60. The molecule has 3 fully saturated rings. The molecule has 2 aliphatic carbocycles. The van der Waals surface area contributed by atoms with Crippen LogP contribution in [0.25, 0.3) is 0 Å². The summed E-state index contributed by atoms with van der Waals surface area (Å²) in [4.78, 5) is 2.48. The maximum atomic E-state index is 6.13. The van der Waals surface area contributed by atoms with Gasteiger partial charge in [-0.1, -0.05) is 6.92 Å². The molecule has 1 saturated heterocycles. The zero-order valence-corrected chi connectivity index (χ0v) is 8.62. The molecule has 3 aliphatic rings. The van der Waals surface area contributed by atoms with Crippen LogP contribution in [0.1, 0.15) is 26.2 Å². The van der Waals surface area contributed by atoms with E-state index in [9.17, 15) is 0 Å². The van der Waals surface area contributed by atoms with E-state index in [1.807, 2.05) is 0 Å². The fraction of sp³-hybridized carbons (Fsp3) is 1.00. The molecule has 0 aromatic rings. The molecule has 0 aromatic heterocycles. The lowest BCUT2D eigenvalue weighted by atomic mass is 9.93. The van der Waals surface area contributed by atoms with Crippen molar-refractivity contribution in [2.45, 2.75) is 31.9 Å². The van der Waals surface area contributed by atoms with Gasteiger partial charge in [-0.05, 0) is 38.1 Å². The molecule has 2 heteroatoms. The number of nitrogens with zero attached hydrogens (tertiary/aromatic N) is 1. The Hall–Kier alpha value is -0.0800. The third-order valence-corrected chi connectivity index (χ3v) is 4.38. The van der Waals surface area contributed by atoms with Crippen LogP contribution in [0.2, 0.25) is 0 Å². The van der Waals surface area contributed by atoms with Crippen LogP contribution in [0.5, 0.6) is 0 Å². The predicted octanol–water partition coefficient (Wildman–Crippen LogP) is 1.71. The normalized spacial score (nSPS) is 55.4. The van der Waals surface area contributed by atoms with Gasteiger partial charge in [0.25, 0.3) is 0 Å². The van der Waals surface area contributed by atoms with E-state index >= 15 is 0 Å². The Balaban J connectivity index is 1.91. The molecule has 74 valence electrons. The van der Waals surface area contributed by atoms with Gasteiger partial charge in [0.05, 0.1) is 6.61 Å². The molecular weight excluding hydrogens is 162 g/mol. The second-order valence-electron chi connectivity index (χ2n) is 5.11. The first-order chi connectivity index (χ1) is 6.25. The van der Waals surface area contributed by atoms with E-state index in [0.717, 1.165) is 24.4 Å². The summed E-state index contributed by atoms with van der Waals surface area (Å²) in [5, 5.41) is 0. The Labute approximate surface area is 80.2 Å². The first kappa shape index (κ1) is 8.25. The quantitative estimate of drug-likeness (QED) is 0.564. The van der Waals surface area contributed by atoms with Crippen LogP contribution in [0.4, 0.5) is 0 Å². The zero-order valence-electron chi connectivity index (χ0n) is 8.62. The van der Waals surface area contributed by atoms with E-state index in [4.69, 9.17) is 4.74 Å². The third kappa shape index (κ3) is 0.909. The zero-order chi connectivity index (χ0) is 9.05. The minimum Gasteiger partial charge on any atom is -0.360 e. The molecule has 2 saturated carbocycles. The molecule has 4 unspecified atom stereocenters. The van der Waals surface area contributed by atoms with Gasteiger partial charge in [0, 0.05) is 12.5 Å². The molecule has 3 rings (SSSR count). The summed E-state index contributed by atoms with van der Waals surface area (Å²) in [5.41, 5.74) is 0.156. The Morgan fingerprint density at radius 3 is 2.85 bits per heavy atom. The van der Waals surface area contributed by atoms with Crippen LogP contribution in [0.3, 0.4) is 0 Å². The summed E-state index contributed by atoms with van der Waals surface area (Å²) in [5.74, 6) is 2.62. The highest BCUT2D eigenvalue weighted by Crippen LogP contribution is 2.63. The highest BCUT2D eigenvalue weighted by atomic mass is 16.5. The maximum Gasteiger partial charge on any atom is 0.127 e. The summed E-state index contributed by atoms with van der Waals surface area (Å²) in [6.45, 7) is 4.58. The summed E-state index contributed by atoms with van der Waals surface area (Å²) in [7, 11) is 2.25. The minimum absolute atomic E-state index is 0.156. The topological polar surface area (TPSA) is 12.5 Å². The molecule has 0 N–H and O–H groups in total. The van der Waals surface area contributed by atoms with E-state index < -0.39 is 0 Å². The monoisotopic (exact) mass is 181 g/mol. The summed E-state index contributed by atoms with van der Waals surface area (Å²) in [6.07, 6.45) is 4.03. The molecule has 1 aliphatic heterocycles. The second kappa shape index (κ2) is 2.48. The molecular formula is C11H19NO. The molecule has 0 bridgehead atoms. The van der Waals surface area contributed by atoms with Gasteiger partial charge in [-0.15, -0.1) is 0 Å². The van der Waals surface area contributed by atoms with E-state index in [1.54, 1.807) is 0 Å². The maximum absolute atomic E-state index is 6.13. The van der Waals surface area contributed by atoms with Crippen LogP contribution in [0.15, 0.2) is 0 Å². The Bertz CT molecular complexity index is 226. The summed E-state index contributed by atoms with van der Waals surface area (Å²) < 4.78 is 6.13. The van der Waals surface area contributed by atoms with E-state index in [-0.39, 0.29) is 5.72 Å². The van der Waals surface area contributed by atoms with Gasteiger partial charge >= 0.3 is 0 Å². The smallest absolute Gasteiger partial charge is 0.127 e. The van der Waals surface area contributed by atoms with Gasteiger partial charge in [-0.3, -0.25) is 4.90 Å². The van der Waals surface area contributed by atoms with Crippen LogP contribution in [-0.4, -0.2) is 30.8 Å². The van der Waals surface area contributed by atoms with Crippen molar-refractivity contribution in [2.24, 2.45) is 17.8 Å². The van der Waals surface area contributed by atoms with E-state index in [1.165, 1.54) is 25.8 Å². The Morgan fingerprint density at radius 1 is 1.38 bits per heavy atom. The van der Waals surface area contributed by atoms with Crippen molar-refractivity contribution in [2.75, 3.05) is 20.2 Å². The Kier molecular flexibility index (Phi) is 1.58. The standard InChI is InChI=1S/C11H19NO/c1-8-6-9-7-10(9)11(8)12(2)4-3-5-13-11/h8-10H,3-7H2,1-2H3. The molecule has 0 radical (unpaired) electrons. The largest absolute Gasteiger partial charge is 0.360 e. The van der Waals surface area contributed by atoms with Gasteiger partial charge in [-0.2, -0.15) is 0 Å². The highest BCUT2D eigenvalue weighted by Gasteiger charge is 2.64. The van der Waals surface area contributed by atoms with Crippen molar-refractivity contribution in [1.82, 2.24) is 4.90 Å². The van der Waals surface area contributed by atoms with Crippen LogP contribution >= 0.6 is 0 Å². The van der Waals surface area contributed by atoms with Crippen molar-refractivity contribution in [3.63, 3.8) is 0 Å². The fourth-order valence-electron chi connectivity index (χ4n) is 3.73. The second-order valence-corrected chi connectivity index (χ2v) is 5.11. The van der Waals surface area contributed by atoms with Gasteiger partial charge in [-0.25, -0.2) is 0 Å². The number of ether oxygens (including phenoxy) is 1. The summed E-state index contributed by atoms with van der Waals surface area (Å²) >= 11 is 0. The Morgan fingerprint density at radius 2 is 2.23 bits per heavy atom. The SMILES string of the molecule is CC1CC2CC2C12OCCCN2C. The molecule has 0 amide bonds. The van der Waals surface area contributed by atoms with Gasteiger partial charge < -0.3 is 4.74 Å². The van der Waals surface area contributed by atoms with E-state index in [2.05, 4.69) is 18.9 Å². The average Bonchev–Trinajstić information content (AvgIpc) is 2.80. The lowest BCUT2D eigenvalue weighted by molar-refractivity contribution is -0.207. The number of hydrogen-bond donors (Lipinski definition) is 0. The molecule has 0 aromatic carbocycles. The van der Waals surface area contributed by atoms with Gasteiger partial charge in [0.1, 0.15) is 5.72 Å². The molecule has 2 nitrogen and oxygen atoms in total. The lowest BCUT2D eigenvalue weighted by Crippen LogP contribution is -2.56. The van der Waals surface area contributed by atoms with Crippen LogP contribution in [-0.2, 0) is 4.74 Å². The van der Waals surface area contributed by atoms with Crippen molar-refractivity contribution in [3.05, 3.63) is 0 Å². The van der Waals surface area contributed by atoms with Crippen LogP contribution < -0.4 is 0 Å². The summed E-state index contributed by atoms with van der Waals surface area (Å²) in [6, 6.07) is 0. The molecule has 4 atom stereocenters. The highest BCUT2D eigenvalue weighted by molar-refractivity contribution is 5.11. The number of fused-ring (bicyclic) bond motifs is 2. The minimum atomic E-state index is 0.156. The molecule has 1 spiro atoms. The van der Waals surface area contributed by atoms with E-state index in [0.29, 0.717) is 0 Å². The molecule has 1 heterocycles. The fourth-order valence-corrected chi connectivity index (χ4v) is 3.73. The predicted molar refractivity (Wildman–Crippen MR) is 51.3 cm³/mol. The number of hydrogen-bond acceptors (Lipinski definition) is 2. The van der Waals surface area contributed by atoms with Crippen molar-refractivity contribution >= 4 is 0 Å². The first-order valence-electron chi connectivity index (χ1n) is 5.60. The lowest BCUT2D eigenvalue weighted by Gasteiger charge is -2.47. The van der Waals surface area contributed by atoms with Crippen molar-refractivity contribution < 1.29 is 4.74 Å². The number of rotatable bonds is 0. The van der Waals surface area contributed by atoms with Gasteiger partial charge in [0.2, 0.25) is 0 Å².